The van der Waals surface area contributed by atoms with Gasteiger partial charge in [-0.2, -0.15) is 0 Å². The molecule has 0 unspecified atom stereocenters. The Morgan fingerprint density at radius 3 is 2.00 bits per heavy atom. The number of carbonyl (C=O) groups is 3. The summed E-state index contributed by atoms with van der Waals surface area (Å²) in [4.78, 5) is 36.7. The maximum Gasteiger partial charge on any atom is 1.00 e. The minimum absolute atomic E-state index is 0. The maximum absolute atomic E-state index is 13.3. The molecule has 0 aromatic heterocycles. The van der Waals surface area contributed by atoms with E-state index in [2.05, 4.69) is 10.6 Å². The van der Waals surface area contributed by atoms with Crippen LogP contribution in [0, 0.1) is 0 Å². The Morgan fingerprint density at radius 1 is 0.941 bits per heavy atom. The second-order valence-electron chi connectivity index (χ2n) is 7.50. The van der Waals surface area contributed by atoms with Crippen molar-refractivity contribution in [3.63, 3.8) is 0 Å². The molecule has 3 aromatic rings. The van der Waals surface area contributed by atoms with Gasteiger partial charge in [0.1, 0.15) is 15.9 Å². The van der Waals surface area contributed by atoms with Gasteiger partial charge in [0.2, 0.25) is 0 Å². The smallest absolute Gasteiger partial charge is 0.744 e. The average Bonchev–Trinajstić information content (AvgIpc) is 2.77. The SMILES string of the molecule is CC(=O)CNc1ccc(Nc2cc(S(=O)(=O)[O-])c(N)c3c2C(=O)c2ccccc2C3=O)cc1.[Na+]. The minimum atomic E-state index is -5.04. The fraction of sp³-hybridized carbons (Fsp3) is 0.0870. The normalized spacial score (nSPS) is 12.3. The van der Waals surface area contributed by atoms with Gasteiger partial charge in [-0.15, -0.1) is 0 Å². The number of nitrogens with one attached hydrogen (secondary N) is 2. The van der Waals surface area contributed by atoms with Crippen molar-refractivity contribution in [3.05, 3.63) is 76.9 Å². The van der Waals surface area contributed by atoms with Crippen LogP contribution in [0.15, 0.2) is 59.5 Å². The average molecular weight is 487 g/mol. The van der Waals surface area contributed by atoms with Crippen LogP contribution in [-0.2, 0) is 14.9 Å². The van der Waals surface area contributed by atoms with E-state index in [9.17, 15) is 27.4 Å². The van der Waals surface area contributed by atoms with Crippen molar-refractivity contribution in [2.24, 2.45) is 0 Å². The molecule has 0 heterocycles. The first-order valence-corrected chi connectivity index (χ1v) is 11.2. The van der Waals surface area contributed by atoms with Gasteiger partial charge in [-0.1, -0.05) is 24.3 Å². The molecule has 0 bridgehead atoms. The van der Waals surface area contributed by atoms with Crippen LogP contribution in [0.5, 0.6) is 0 Å². The van der Waals surface area contributed by atoms with E-state index in [4.69, 9.17) is 5.73 Å². The number of Topliss-reactive ketones (excluding diaryl/α,β-unsaturated/α-hetero) is 1. The van der Waals surface area contributed by atoms with Gasteiger partial charge in [0.05, 0.1) is 33.9 Å². The molecule has 1 aliphatic carbocycles. The van der Waals surface area contributed by atoms with E-state index in [1.165, 1.54) is 19.1 Å². The summed E-state index contributed by atoms with van der Waals surface area (Å²) in [6.45, 7) is 1.60. The van der Waals surface area contributed by atoms with Crippen molar-refractivity contribution in [1.82, 2.24) is 0 Å². The van der Waals surface area contributed by atoms with Crippen LogP contribution in [0.3, 0.4) is 0 Å². The first kappa shape index (κ1) is 25.6. The van der Waals surface area contributed by atoms with Crippen LogP contribution >= 0.6 is 0 Å². The molecule has 4 N–H and O–H groups in total. The van der Waals surface area contributed by atoms with Crippen LogP contribution in [0.2, 0.25) is 0 Å². The largest absolute Gasteiger partial charge is 1.00 e. The molecular weight excluding hydrogens is 469 g/mol. The molecule has 4 rings (SSSR count). The third-order valence-corrected chi connectivity index (χ3v) is 6.05. The van der Waals surface area contributed by atoms with E-state index in [0.29, 0.717) is 11.4 Å². The van der Waals surface area contributed by atoms with Crippen LogP contribution in [0.25, 0.3) is 0 Å². The maximum atomic E-state index is 13.3. The third-order valence-electron chi connectivity index (χ3n) is 5.17. The molecule has 0 amide bonds. The zero-order valence-corrected chi connectivity index (χ0v) is 21.2. The molecule has 3 aromatic carbocycles. The molecule has 0 atom stereocenters. The van der Waals surface area contributed by atoms with E-state index >= 15 is 0 Å². The summed E-state index contributed by atoms with van der Waals surface area (Å²) < 4.78 is 35.6. The summed E-state index contributed by atoms with van der Waals surface area (Å²) in [5, 5.41) is 5.85. The Kier molecular flexibility index (Phi) is 7.29. The second kappa shape index (κ2) is 9.69. The number of ketones is 3. The quantitative estimate of drug-likeness (QED) is 0.189. The second-order valence-corrected chi connectivity index (χ2v) is 8.85. The van der Waals surface area contributed by atoms with Crippen LogP contribution in [0.4, 0.5) is 22.7 Å². The van der Waals surface area contributed by atoms with Gasteiger partial charge in [-0.05, 0) is 37.3 Å². The van der Waals surface area contributed by atoms with Crippen molar-refractivity contribution in [3.8, 4) is 0 Å². The molecule has 0 spiro atoms. The molecular formula is C23H18N3NaO6S. The summed E-state index contributed by atoms with van der Waals surface area (Å²) in [6.07, 6.45) is 0. The molecule has 34 heavy (non-hydrogen) atoms. The van der Waals surface area contributed by atoms with Crippen molar-refractivity contribution >= 4 is 50.2 Å². The summed E-state index contributed by atoms with van der Waals surface area (Å²) in [7, 11) is -5.04. The Morgan fingerprint density at radius 2 is 1.47 bits per heavy atom. The standard InChI is InChI=1S/C23H19N3O6S.Na/c1-12(27)11-25-13-6-8-14(9-7-13)26-17-10-18(33(30,31)32)21(24)20-19(17)22(28)15-4-2-3-5-16(15)23(20)29;/h2-10,25-26H,11,24H2,1H3,(H,30,31,32);/q;+1/p-1. The van der Waals surface area contributed by atoms with Crippen molar-refractivity contribution in [2.45, 2.75) is 11.8 Å². The van der Waals surface area contributed by atoms with E-state index in [-0.39, 0.29) is 69.8 Å². The summed E-state index contributed by atoms with van der Waals surface area (Å²) in [6, 6.07) is 13.7. The Labute approximate surface area is 217 Å². The number of nitrogens with two attached hydrogens (primary N) is 1. The number of fused-ring (bicyclic) bond motifs is 2. The van der Waals surface area contributed by atoms with E-state index in [0.717, 1.165) is 6.07 Å². The number of benzene rings is 3. The van der Waals surface area contributed by atoms with Gasteiger partial charge >= 0.3 is 29.6 Å². The molecule has 11 heteroatoms. The number of nitrogen functional groups attached to an aromatic ring is 1. The van der Waals surface area contributed by atoms with Crippen LogP contribution < -0.4 is 45.9 Å². The van der Waals surface area contributed by atoms with Gasteiger partial charge in [-0.25, -0.2) is 8.42 Å². The van der Waals surface area contributed by atoms with Gasteiger partial charge in [-0.3, -0.25) is 14.4 Å². The van der Waals surface area contributed by atoms with Gasteiger partial charge < -0.3 is 20.9 Å². The first-order valence-electron chi connectivity index (χ1n) is 9.79. The molecule has 0 aliphatic heterocycles. The first-order chi connectivity index (χ1) is 15.6. The van der Waals surface area contributed by atoms with Gasteiger partial charge in [0, 0.05) is 22.5 Å². The molecule has 0 radical (unpaired) electrons. The molecule has 0 saturated heterocycles. The van der Waals surface area contributed by atoms with Gasteiger partial charge in [0.25, 0.3) is 0 Å². The molecule has 0 fully saturated rings. The summed E-state index contributed by atoms with van der Waals surface area (Å²) in [5.41, 5.74) is 6.25. The summed E-state index contributed by atoms with van der Waals surface area (Å²) in [5.74, 6) is -1.21. The number of rotatable bonds is 6. The number of carbonyl (C=O) groups excluding carboxylic acids is 3. The topological polar surface area (TPSA) is 158 Å². The third kappa shape index (κ3) is 4.77. The van der Waals surface area contributed by atoms with E-state index < -0.39 is 32.3 Å². The van der Waals surface area contributed by atoms with Crippen LogP contribution in [-0.4, -0.2) is 36.9 Å². The molecule has 1 aliphatic rings. The summed E-state index contributed by atoms with van der Waals surface area (Å²) >= 11 is 0. The fourth-order valence-corrected chi connectivity index (χ4v) is 4.29. The Hall–Kier alpha value is -3.02. The Balaban J connectivity index is 0.00000324. The van der Waals surface area contributed by atoms with E-state index in [1.54, 1.807) is 36.4 Å². The zero-order chi connectivity index (χ0) is 23.9. The number of hydrogen-bond donors (Lipinski definition) is 3. The Bertz CT molecular complexity index is 1440. The minimum Gasteiger partial charge on any atom is -0.744 e. The predicted octanol–water partition coefficient (Wildman–Crippen LogP) is -0.303. The van der Waals surface area contributed by atoms with Crippen molar-refractivity contribution in [2.75, 3.05) is 22.9 Å². The van der Waals surface area contributed by atoms with Gasteiger partial charge in [0.15, 0.2) is 11.6 Å². The van der Waals surface area contributed by atoms with E-state index in [1.807, 2.05) is 0 Å². The monoisotopic (exact) mass is 487 g/mol. The molecule has 0 saturated carbocycles. The van der Waals surface area contributed by atoms with Crippen molar-refractivity contribution in [1.29, 1.82) is 0 Å². The fourth-order valence-electron chi connectivity index (χ4n) is 3.65. The molecule has 9 nitrogen and oxygen atoms in total. The zero-order valence-electron chi connectivity index (χ0n) is 18.3. The van der Waals surface area contributed by atoms with Crippen molar-refractivity contribution < 1.29 is 56.9 Å². The number of anilines is 4. The number of hydrogen-bond acceptors (Lipinski definition) is 9. The van der Waals surface area contributed by atoms with Crippen LogP contribution in [0.1, 0.15) is 38.8 Å². The predicted molar refractivity (Wildman–Crippen MR) is 121 cm³/mol. The molecule has 168 valence electrons.